The van der Waals surface area contributed by atoms with E-state index in [2.05, 4.69) is 4.74 Å². The Bertz CT molecular complexity index is 398. The summed E-state index contributed by atoms with van der Waals surface area (Å²) < 4.78 is 26.6. The molecule has 18 heavy (non-hydrogen) atoms. The van der Waals surface area contributed by atoms with Gasteiger partial charge in [-0.05, 0) is 0 Å². The Kier molecular flexibility index (Phi) is 4.67. The van der Waals surface area contributed by atoms with Gasteiger partial charge in [0.05, 0.1) is 13.2 Å². The second-order valence-electron chi connectivity index (χ2n) is 4.59. The van der Waals surface area contributed by atoms with Crippen LogP contribution in [0.5, 0.6) is 0 Å². The standard InChI is InChI=1S/C10H15O7P/c1-10(2)5-16-18(14,17-6-10)7-15-9(13)4-3-8(11)12/h3-4H,5-7H2,1-2H3,(H,11,12)/b4-3+. The first-order chi connectivity index (χ1) is 8.22. The fourth-order valence-corrected chi connectivity index (χ4v) is 2.63. The highest BCUT2D eigenvalue weighted by molar-refractivity contribution is 7.53. The first kappa shape index (κ1) is 14.9. The topological polar surface area (TPSA) is 99.1 Å². The van der Waals surface area contributed by atoms with Crippen LogP contribution in [0.4, 0.5) is 0 Å². The van der Waals surface area contributed by atoms with E-state index < -0.39 is 25.9 Å². The fraction of sp³-hybridized carbons (Fsp3) is 0.600. The smallest absolute Gasteiger partial charge is 0.367 e. The fourth-order valence-electron chi connectivity index (χ4n) is 1.03. The minimum atomic E-state index is -3.42. The third kappa shape index (κ3) is 5.00. The van der Waals surface area contributed by atoms with Gasteiger partial charge in [0.2, 0.25) is 0 Å². The van der Waals surface area contributed by atoms with E-state index in [0.29, 0.717) is 6.08 Å². The minimum absolute atomic E-state index is 0.235. The van der Waals surface area contributed by atoms with Crippen LogP contribution in [0.3, 0.4) is 0 Å². The molecule has 0 aromatic carbocycles. The van der Waals surface area contributed by atoms with Crippen LogP contribution >= 0.6 is 7.60 Å². The predicted molar refractivity (Wildman–Crippen MR) is 61.0 cm³/mol. The quantitative estimate of drug-likeness (QED) is 0.471. The molecule has 8 heteroatoms. The van der Waals surface area contributed by atoms with Crippen LogP contribution in [0.25, 0.3) is 0 Å². The highest BCUT2D eigenvalue weighted by atomic mass is 31.2. The molecule has 0 spiro atoms. The Morgan fingerprint density at radius 2 is 1.89 bits per heavy atom. The molecule has 1 aliphatic heterocycles. The zero-order valence-corrected chi connectivity index (χ0v) is 11.0. The van der Waals surface area contributed by atoms with Gasteiger partial charge in [-0.2, -0.15) is 0 Å². The SMILES string of the molecule is CC1(C)COP(=O)(COC(=O)/C=C/C(=O)O)OC1. The third-order valence-electron chi connectivity index (χ3n) is 2.03. The molecule has 1 aliphatic rings. The van der Waals surface area contributed by atoms with Crippen LogP contribution in [-0.2, 0) is 27.9 Å². The summed E-state index contributed by atoms with van der Waals surface area (Å²) in [5.74, 6) is -2.19. The number of ether oxygens (including phenoxy) is 1. The van der Waals surface area contributed by atoms with Crippen LogP contribution in [-0.4, -0.2) is 36.6 Å². The maximum absolute atomic E-state index is 11.9. The molecule has 0 saturated carbocycles. The van der Waals surface area contributed by atoms with Crippen LogP contribution in [0.1, 0.15) is 13.8 Å². The molecule has 1 saturated heterocycles. The zero-order valence-electron chi connectivity index (χ0n) is 10.1. The zero-order chi connectivity index (χ0) is 13.8. The van der Waals surface area contributed by atoms with E-state index in [4.69, 9.17) is 14.2 Å². The van der Waals surface area contributed by atoms with E-state index in [0.717, 1.165) is 6.08 Å². The third-order valence-corrected chi connectivity index (χ3v) is 3.52. The molecule has 0 bridgehead atoms. The molecule has 1 heterocycles. The van der Waals surface area contributed by atoms with Crippen molar-refractivity contribution in [1.29, 1.82) is 0 Å². The van der Waals surface area contributed by atoms with Gasteiger partial charge in [0.25, 0.3) is 0 Å². The molecule has 1 rings (SSSR count). The molecule has 7 nitrogen and oxygen atoms in total. The molecular formula is C10H15O7P. The van der Waals surface area contributed by atoms with Crippen molar-refractivity contribution in [3.8, 4) is 0 Å². The highest BCUT2D eigenvalue weighted by Gasteiger charge is 2.37. The predicted octanol–water partition coefficient (Wildman–Crippen LogP) is 1.39. The molecule has 0 aliphatic carbocycles. The number of aliphatic carboxylic acids is 1. The van der Waals surface area contributed by atoms with Crippen molar-refractivity contribution in [2.24, 2.45) is 5.41 Å². The van der Waals surface area contributed by atoms with Gasteiger partial charge >= 0.3 is 19.5 Å². The molecule has 0 atom stereocenters. The van der Waals surface area contributed by atoms with Crippen molar-refractivity contribution in [2.75, 3.05) is 19.6 Å². The summed E-state index contributed by atoms with van der Waals surface area (Å²) in [7, 11) is -3.42. The lowest BCUT2D eigenvalue weighted by molar-refractivity contribution is -0.137. The Hall–Kier alpha value is -1.17. The van der Waals surface area contributed by atoms with Gasteiger partial charge in [-0.3, -0.25) is 4.57 Å². The lowest BCUT2D eigenvalue weighted by Gasteiger charge is -2.33. The normalized spacial score (nSPS) is 21.7. The van der Waals surface area contributed by atoms with E-state index in [9.17, 15) is 14.2 Å². The largest absolute Gasteiger partial charge is 0.478 e. The molecule has 0 amide bonds. The lowest BCUT2D eigenvalue weighted by Crippen LogP contribution is -2.30. The number of esters is 1. The maximum Gasteiger partial charge on any atom is 0.367 e. The van der Waals surface area contributed by atoms with E-state index in [1.165, 1.54) is 0 Å². The Balaban J connectivity index is 2.42. The van der Waals surface area contributed by atoms with Gasteiger partial charge in [0.15, 0.2) is 6.35 Å². The summed E-state index contributed by atoms with van der Waals surface area (Å²) in [6.45, 7) is 4.26. The van der Waals surface area contributed by atoms with Gasteiger partial charge in [0.1, 0.15) is 0 Å². The molecule has 0 aromatic rings. The van der Waals surface area contributed by atoms with Crippen LogP contribution < -0.4 is 0 Å². The summed E-state index contributed by atoms with van der Waals surface area (Å²) in [5, 5.41) is 8.29. The highest BCUT2D eigenvalue weighted by Crippen LogP contribution is 2.53. The maximum atomic E-state index is 11.9. The Labute approximate surface area is 104 Å². The first-order valence-corrected chi connectivity index (χ1v) is 6.91. The number of carbonyl (C=O) groups excluding carboxylic acids is 1. The summed E-state index contributed by atoms with van der Waals surface area (Å²) in [4.78, 5) is 21.2. The first-order valence-electron chi connectivity index (χ1n) is 5.18. The molecule has 1 N–H and O–H groups in total. The van der Waals surface area contributed by atoms with Crippen molar-refractivity contribution in [3.05, 3.63) is 12.2 Å². The van der Waals surface area contributed by atoms with Gasteiger partial charge in [-0.1, -0.05) is 13.8 Å². The van der Waals surface area contributed by atoms with Crippen molar-refractivity contribution in [1.82, 2.24) is 0 Å². The van der Waals surface area contributed by atoms with Crippen molar-refractivity contribution < 1.29 is 33.0 Å². The van der Waals surface area contributed by atoms with E-state index >= 15 is 0 Å². The monoisotopic (exact) mass is 278 g/mol. The number of carboxylic acids is 1. The van der Waals surface area contributed by atoms with Crippen molar-refractivity contribution >= 4 is 19.5 Å². The van der Waals surface area contributed by atoms with Crippen molar-refractivity contribution in [3.63, 3.8) is 0 Å². The molecule has 0 radical (unpaired) electrons. The van der Waals surface area contributed by atoms with Gasteiger partial charge < -0.3 is 18.9 Å². The van der Waals surface area contributed by atoms with E-state index in [-0.39, 0.29) is 18.6 Å². The lowest BCUT2D eigenvalue weighted by atomic mass is 9.97. The van der Waals surface area contributed by atoms with Crippen LogP contribution in [0.2, 0.25) is 0 Å². The molecule has 1 fully saturated rings. The van der Waals surface area contributed by atoms with E-state index in [1.54, 1.807) is 0 Å². The average Bonchev–Trinajstić information content (AvgIpc) is 2.29. The van der Waals surface area contributed by atoms with Crippen LogP contribution in [0, 0.1) is 5.41 Å². The number of carboxylic acid groups (broad SMARTS) is 1. The van der Waals surface area contributed by atoms with Crippen molar-refractivity contribution in [2.45, 2.75) is 13.8 Å². The number of hydrogen-bond acceptors (Lipinski definition) is 6. The molecule has 0 aromatic heterocycles. The average molecular weight is 278 g/mol. The summed E-state index contributed by atoms with van der Waals surface area (Å²) >= 11 is 0. The molecule has 102 valence electrons. The summed E-state index contributed by atoms with van der Waals surface area (Å²) in [6, 6.07) is 0. The summed E-state index contributed by atoms with van der Waals surface area (Å²) in [5.41, 5.74) is -0.235. The van der Waals surface area contributed by atoms with Gasteiger partial charge in [-0.25, -0.2) is 9.59 Å². The number of carbonyl (C=O) groups is 2. The molecular weight excluding hydrogens is 263 g/mol. The van der Waals surface area contributed by atoms with E-state index in [1.807, 2.05) is 13.8 Å². The Morgan fingerprint density at radius 3 is 2.39 bits per heavy atom. The molecule has 0 unspecified atom stereocenters. The van der Waals surface area contributed by atoms with Gasteiger partial charge in [-0.15, -0.1) is 0 Å². The van der Waals surface area contributed by atoms with Gasteiger partial charge in [0, 0.05) is 17.6 Å². The Morgan fingerprint density at radius 1 is 1.33 bits per heavy atom. The second-order valence-corrected chi connectivity index (χ2v) is 6.58. The van der Waals surface area contributed by atoms with Crippen LogP contribution in [0.15, 0.2) is 12.2 Å². The minimum Gasteiger partial charge on any atom is -0.478 e. The second kappa shape index (κ2) is 5.65. The number of rotatable bonds is 4. The summed E-state index contributed by atoms with van der Waals surface area (Å²) in [6.07, 6.45) is 0.832. The number of hydrogen-bond donors (Lipinski definition) is 1.